The molecule has 0 atom stereocenters. The lowest BCUT2D eigenvalue weighted by Gasteiger charge is -2.31. The van der Waals surface area contributed by atoms with E-state index < -0.39 is 0 Å². The maximum Gasteiger partial charge on any atom is 0.0749 e. The molecule has 3 aromatic carbocycles. The van der Waals surface area contributed by atoms with Crippen molar-refractivity contribution < 1.29 is 0 Å². The zero-order valence-corrected chi connectivity index (χ0v) is 22.4. The van der Waals surface area contributed by atoms with Crippen molar-refractivity contribution in [1.82, 2.24) is 4.98 Å². The van der Waals surface area contributed by atoms with Gasteiger partial charge in [-0.05, 0) is 92.6 Å². The maximum atomic E-state index is 5.09. The van der Waals surface area contributed by atoms with E-state index in [9.17, 15) is 0 Å². The quantitative estimate of drug-likeness (QED) is 0.290. The minimum atomic E-state index is 0.0613. The molecule has 1 heteroatoms. The molecular formula is C35H37N. The van der Waals surface area contributed by atoms with Crippen molar-refractivity contribution in [2.24, 2.45) is 0 Å². The number of allylic oxidation sites excluding steroid dienone is 1. The van der Waals surface area contributed by atoms with E-state index in [0.717, 1.165) is 0 Å². The molecule has 0 N–H and O–H groups in total. The summed E-state index contributed by atoms with van der Waals surface area (Å²) in [5.74, 6) is 0.460. The highest BCUT2D eigenvalue weighted by Gasteiger charge is 2.46. The van der Waals surface area contributed by atoms with Crippen LogP contribution in [0.3, 0.4) is 0 Å². The summed E-state index contributed by atoms with van der Waals surface area (Å²) >= 11 is 0. The lowest BCUT2D eigenvalue weighted by atomic mass is 9.72. The molecule has 0 saturated heterocycles. The lowest BCUT2D eigenvalue weighted by Crippen LogP contribution is -2.23. The third kappa shape index (κ3) is 3.63. The van der Waals surface area contributed by atoms with Crippen LogP contribution in [-0.4, -0.2) is 4.98 Å². The van der Waals surface area contributed by atoms with Gasteiger partial charge in [0.1, 0.15) is 0 Å². The van der Waals surface area contributed by atoms with Gasteiger partial charge in [-0.3, -0.25) is 4.98 Å². The molecule has 1 fully saturated rings. The van der Waals surface area contributed by atoms with Crippen molar-refractivity contribution in [2.75, 3.05) is 0 Å². The monoisotopic (exact) mass is 471 g/mol. The Morgan fingerprint density at radius 2 is 1.56 bits per heavy atom. The van der Waals surface area contributed by atoms with Gasteiger partial charge >= 0.3 is 0 Å². The molecule has 1 saturated carbocycles. The number of benzene rings is 3. The summed E-state index contributed by atoms with van der Waals surface area (Å²) in [4.78, 5) is 5.09. The summed E-state index contributed by atoms with van der Waals surface area (Å²) in [7, 11) is 0. The van der Waals surface area contributed by atoms with E-state index in [2.05, 4.69) is 107 Å². The predicted molar refractivity (Wildman–Crippen MR) is 154 cm³/mol. The molecule has 0 radical (unpaired) electrons. The minimum absolute atomic E-state index is 0.0613. The highest BCUT2D eigenvalue weighted by Crippen LogP contribution is 2.58. The number of pyridine rings is 1. The van der Waals surface area contributed by atoms with Crippen molar-refractivity contribution in [3.8, 4) is 11.3 Å². The summed E-state index contributed by atoms with van der Waals surface area (Å²) < 4.78 is 0. The van der Waals surface area contributed by atoms with Crippen LogP contribution in [0, 0.1) is 0 Å². The van der Waals surface area contributed by atoms with E-state index >= 15 is 0 Å². The Morgan fingerprint density at radius 3 is 2.25 bits per heavy atom. The molecule has 1 aromatic heterocycles. The van der Waals surface area contributed by atoms with Crippen LogP contribution >= 0.6 is 0 Å². The second-order valence-electron chi connectivity index (χ2n) is 12.2. The van der Waals surface area contributed by atoms with Crippen LogP contribution in [-0.2, 0) is 10.8 Å². The van der Waals surface area contributed by atoms with Gasteiger partial charge < -0.3 is 0 Å². The largest absolute Gasteiger partial charge is 0.256 e. The van der Waals surface area contributed by atoms with Crippen molar-refractivity contribution in [3.63, 3.8) is 0 Å². The van der Waals surface area contributed by atoms with E-state index in [1.54, 1.807) is 0 Å². The molecular weight excluding hydrogens is 434 g/mol. The van der Waals surface area contributed by atoms with Crippen LogP contribution in [0.2, 0.25) is 0 Å². The molecule has 0 aliphatic heterocycles. The molecule has 1 spiro atoms. The van der Waals surface area contributed by atoms with Gasteiger partial charge in [-0.15, -0.1) is 0 Å². The first-order valence-corrected chi connectivity index (χ1v) is 13.6. The Kier molecular flexibility index (Phi) is 5.45. The van der Waals surface area contributed by atoms with Gasteiger partial charge in [0, 0.05) is 17.2 Å². The van der Waals surface area contributed by atoms with Gasteiger partial charge in [0.2, 0.25) is 0 Å². The molecule has 1 nitrogen and oxygen atoms in total. The second-order valence-corrected chi connectivity index (χ2v) is 12.2. The van der Waals surface area contributed by atoms with Crippen molar-refractivity contribution in [2.45, 2.75) is 77.0 Å². The van der Waals surface area contributed by atoms with E-state index in [1.807, 2.05) is 6.20 Å². The Morgan fingerprint density at radius 1 is 0.833 bits per heavy atom. The topological polar surface area (TPSA) is 12.9 Å². The first kappa shape index (κ1) is 23.2. The van der Waals surface area contributed by atoms with Crippen LogP contribution in [0.5, 0.6) is 0 Å². The third-order valence-electron chi connectivity index (χ3n) is 8.59. The summed E-state index contributed by atoms with van der Waals surface area (Å²) in [6, 6.07) is 25.2. The Labute approximate surface area is 216 Å². The molecule has 2 aliphatic carbocycles. The number of hydrogen-bond donors (Lipinski definition) is 0. The molecule has 1 heterocycles. The zero-order chi connectivity index (χ0) is 25.1. The van der Waals surface area contributed by atoms with Crippen molar-refractivity contribution in [1.29, 1.82) is 0 Å². The van der Waals surface area contributed by atoms with Crippen molar-refractivity contribution >= 4 is 22.4 Å². The Balaban J connectivity index is 1.52. The molecule has 0 unspecified atom stereocenters. The zero-order valence-electron chi connectivity index (χ0n) is 22.4. The SMILES string of the molecule is CC(C)c1cc(-c2nccc3c2C2(CCCC2)C(c2ccc(C(C)(C)C)cc2)=C3)cc2ccccc12. The van der Waals surface area contributed by atoms with Gasteiger partial charge in [-0.25, -0.2) is 0 Å². The first-order chi connectivity index (χ1) is 17.3. The molecule has 36 heavy (non-hydrogen) atoms. The number of hydrogen-bond acceptors (Lipinski definition) is 1. The molecule has 0 bridgehead atoms. The molecule has 182 valence electrons. The molecule has 6 rings (SSSR count). The van der Waals surface area contributed by atoms with Crippen LogP contribution in [0.1, 0.15) is 94.0 Å². The fourth-order valence-corrected chi connectivity index (χ4v) is 6.71. The van der Waals surface area contributed by atoms with Gasteiger partial charge in [-0.1, -0.05) is 96.0 Å². The highest BCUT2D eigenvalue weighted by molar-refractivity contribution is 5.98. The smallest absolute Gasteiger partial charge is 0.0749 e. The molecule has 0 amide bonds. The second kappa shape index (κ2) is 8.44. The summed E-state index contributed by atoms with van der Waals surface area (Å²) in [5, 5.41) is 2.67. The van der Waals surface area contributed by atoms with Gasteiger partial charge in [0.15, 0.2) is 0 Å². The normalized spacial score (nSPS) is 16.7. The van der Waals surface area contributed by atoms with E-state index in [1.165, 1.54) is 81.1 Å². The standard InChI is InChI=1S/C35H37N/c1-23(2)30-21-27(20-25-10-6-7-11-29(25)30)33-32-26(16-19-36-33)22-31(35(32)17-8-9-18-35)24-12-14-28(15-13-24)34(3,4)5/h6-7,10-16,19-23H,8-9,17-18H2,1-5H3. The Bertz CT molecular complexity index is 1470. The fourth-order valence-electron chi connectivity index (χ4n) is 6.71. The number of aromatic nitrogens is 1. The Hall–Kier alpha value is -3.19. The highest BCUT2D eigenvalue weighted by atomic mass is 14.7. The lowest BCUT2D eigenvalue weighted by molar-refractivity contribution is 0.583. The van der Waals surface area contributed by atoms with Gasteiger partial charge in [0.05, 0.1) is 5.69 Å². The first-order valence-electron chi connectivity index (χ1n) is 13.6. The van der Waals surface area contributed by atoms with Crippen molar-refractivity contribution in [3.05, 3.63) is 101 Å². The maximum absolute atomic E-state index is 5.09. The van der Waals surface area contributed by atoms with Crippen LogP contribution in [0.25, 0.3) is 33.7 Å². The van der Waals surface area contributed by atoms with E-state index in [-0.39, 0.29) is 10.8 Å². The summed E-state index contributed by atoms with van der Waals surface area (Å²) in [6.45, 7) is 11.5. The van der Waals surface area contributed by atoms with Gasteiger partial charge in [0.25, 0.3) is 0 Å². The molecule has 4 aromatic rings. The van der Waals surface area contributed by atoms with E-state index in [0.29, 0.717) is 5.92 Å². The average molecular weight is 472 g/mol. The number of rotatable bonds is 3. The predicted octanol–water partition coefficient (Wildman–Crippen LogP) is 9.69. The summed E-state index contributed by atoms with van der Waals surface area (Å²) in [6.07, 6.45) is 9.46. The molecule has 2 aliphatic rings. The van der Waals surface area contributed by atoms with Crippen LogP contribution in [0.4, 0.5) is 0 Å². The summed E-state index contributed by atoms with van der Waals surface area (Å²) in [5.41, 5.74) is 11.2. The fraction of sp³-hybridized carbons (Fsp3) is 0.343. The number of nitrogens with zero attached hydrogens (tertiary/aromatic N) is 1. The van der Waals surface area contributed by atoms with Gasteiger partial charge in [-0.2, -0.15) is 0 Å². The van der Waals surface area contributed by atoms with E-state index in [4.69, 9.17) is 4.98 Å². The minimum Gasteiger partial charge on any atom is -0.256 e. The number of fused-ring (bicyclic) bond motifs is 3. The average Bonchev–Trinajstić information content (AvgIpc) is 3.48. The van der Waals surface area contributed by atoms with Crippen LogP contribution in [0.15, 0.2) is 72.9 Å². The third-order valence-corrected chi connectivity index (χ3v) is 8.59. The van der Waals surface area contributed by atoms with Crippen LogP contribution < -0.4 is 0 Å².